The maximum atomic E-state index is 12.1. The van der Waals surface area contributed by atoms with Crippen LogP contribution in [0.15, 0.2) is 116 Å². The highest BCUT2D eigenvalue weighted by molar-refractivity contribution is 5.78. The lowest BCUT2D eigenvalue weighted by Crippen LogP contribution is -2.36. The van der Waals surface area contributed by atoms with Crippen LogP contribution < -0.4 is 0 Å². The molecule has 0 saturated heterocycles. The Labute approximate surface area is 209 Å². The number of nitrogens with zero attached hydrogens (tertiary/aromatic N) is 4. The third-order valence-corrected chi connectivity index (χ3v) is 7.32. The van der Waals surface area contributed by atoms with Gasteiger partial charge in [0.15, 0.2) is 0 Å². The van der Waals surface area contributed by atoms with E-state index in [1.807, 2.05) is 80.4 Å². The van der Waals surface area contributed by atoms with Gasteiger partial charge in [0.05, 0.1) is 24.1 Å². The van der Waals surface area contributed by atoms with Crippen molar-refractivity contribution in [1.82, 2.24) is 19.3 Å². The number of imidazole rings is 1. The summed E-state index contributed by atoms with van der Waals surface area (Å²) >= 11 is 0. The second kappa shape index (κ2) is 8.64. The van der Waals surface area contributed by atoms with Crippen LogP contribution in [-0.4, -0.2) is 30.4 Å². The maximum Gasteiger partial charge on any atom is 0.307 e. The van der Waals surface area contributed by atoms with E-state index in [0.29, 0.717) is 0 Å². The molecule has 6 rings (SSSR count). The molecule has 0 amide bonds. The SMILES string of the molecule is Cn1cc(C2C(C(=O)O)C2c2cn(C(c3ccccc3)(c3ccccc3)c3ccccc3)cn2)cn1. The Morgan fingerprint density at radius 3 is 1.78 bits per heavy atom. The molecule has 6 heteroatoms. The summed E-state index contributed by atoms with van der Waals surface area (Å²) in [7, 11) is 1.85. The van der Waals surface area contributed by atoms with Crippen LogP contribution in [0.2, 0.25) is 0 Å². The molecule has 2 heterocycles. The van der Waals surface area contributed by atoms with E-state index in [-0.39, 0.29) is 11.8 Å². The molecule has 3 unspecified atom stereocenters. The molecular formula is C30H26N4O2. The Hall–Kier alpha value is -4.45. The normalized spacial score (nSPS) is 19.2. The molecule has 6 nitrogen and oxygen atoms in total. The highest BCUT2D eigenvalue weighted by Gasteiger charge is 2.58. The molecule has 0 spiro atoms. The predicted octanol–water partition coefficient (Wildman–Crippen LogP) is 5.04. The molecule has 5 aromatic rings. The van der Waals surface area contributed by atoms with Gasteiger partial charge in [-0.3, -0.25) is 9.48 Å². The van der Waals surface area contributed by atoms with Crippen molar-refractivity contribution in [2.24, 2.45) is 13.0 Å². The van der Waals surface area contributed by atoms with Crippen LogP contribution in [0, 0.1) is 5.92 Å². The predicted molar refractivity (Wildman–Crippen MR) is 137 cm³/mol. The Morgan fingerprint density at radius 1 is 0.806 bits per heavy atom. The Bertz CT molecular complexity index is 1400. The minimum Gasteiger partial charge on any atom is -0.481 e. The smallest absolute Gasteiger partial charge is 0.307 e. The Morgan fingerprint density at radius 2 is 1.33 bits per heavy atom. The van der Waals surface area contributed by atoms with Crippen LogP contribution in [-0.2, 0) is 17.4 Å². The van der Waals surface area contributed by atoms with Crippen molar-refractivity contribution in [1.29, 1.82) is 0 Å². The standard InChI is InChI=1S/C30H26N4O2/c1-33-18-21(17-32-33)26-27(28(26)29(35)36)25-19-34(20-31-25)30(22-11-5-2-6-12-22,23-13-7-3-8-14-23)24-15-9-4-10-16-24/h2-20,26-28H,1H3,(H,35,36). The van der Waals surface area contributed by atoms with Crippen molar-refractivity contribution >= 4 is 5.97 Å². The van der Waals surface area contributed by atoms with Crippen LogP contribution in [0.1, 0.15) is 39.8 Å². The van der Waals surface area contributed by atoms with Crippen LogP contribution in [0.3, 0.4) is 0 Å². The third kappa shape index (κ3) is 3.45. The lowest BCUT2D eigenvalue weighted by molar-refractivity contribution is -0.138. The zero-order chi connectivity index (χ0) is 24.7. The van der Waals surface area contributed by atoms with Crippen molar-refractivity contribution in [3.8, 4) is 0 Å². The van der Waals surface area contributed by atoms with Gasteiger partial charge in [-0.05, 0) is 22.3 Å². The largest absolute Gasteiger partial charge is 0.481 e. The molecule has 178 valence electrons. The Balaban J connectivity index is 1.53. The van der Waals surface area contributed by atoms with E-state index in [2.05, 4.69) is 46.1 Å². The fourth-order valence-corrected chi connectivity index (χ4v) is 5.69. The topological polar surface area (TPSA) is 72.9 Å². The van der Waals surface area contributed by atoms with E-state index in [9.17, 15) is 9.90 Å². The quantitative estimate of drug-likeness (QED) is 0.336. The third-order valence-electron chi connectivity index (χ3n) is 7.32. The van der Waals surface area contributed by atoms with Gasteiger partial charge in [-0.15, -0.1) is 0 Å². The molecule has 1 aliphatic carbocycles. The summed E-state index contributed by atoms with van der Waals surface area (Å²) in [5, 5.41) is 14.2. The Kier molecular flexibility index (Phi) is 5.29. The summed E-state index contributed by atoms with van der Waals surface area (Å²) in [5.41, 5.74) is 4.34. The summed E-state index contributed by atoms with van der Waals surface area (Å²) in [6.45, 7) is 0. The molecule has 0 bridgehead atoms. The number of aryl methyl sites for hydroxylation is 1. The van der Waals surface area contributed by atoms with Crippen LogP contribution in [0.4, 0.5) is 0 Å². The summed E-state index contributed by atoms with van der Waals surface area (Å²) in [6, 6.07) is 31.2. The summed E-state index contributed by atoms with van der Waals surface area (Å²) < 4.78 is 3.85. The molecule has 3 aromatic carbocycles. The first-order chi connectivity index (χ1) is 17.6. The highest BCUT2D eigenvalue weighted by atomic mass is 16.4. The average molecular weight is 475 g/mol. The van der Waals surface area contributed by atoms with Crippen molar-refractivity contribution in [2.45, 2.75) is 17.4 Å². The fourth-order valence-electron chi connectivity index (χ4n) is 5.69. The van der Waals surface area contributed by atoms with Crippen LogP contribution >= 0.6 is 0 Å². The zero-order valence-corrected chi connectivity index (χ0v) is 19.8. The first-order valence-electron chi connectivity index (χ1n) is 12.0. The fraction of sp³-hybridized carbons (Fsp3) is 0.167. The van der Waals surface area contributed by atoms with E-state index in [4.69, 9.17) is 4.98 Å². The first kappa shape index (κ1) is 22.0. The number of benzene rings is 3. The van der Waals surface area contributed by atoms with Crippen molar-refractivity contribution in [3.05, 3.63) is 144 Å². The second-order valence-electron chi connectivity index (χ2n) is 9.38. The number of carboxylic acid groups (broad SMARTS) is 1. The zero-order valence-electron chi connectivity index (χ0n) is 19.8. The van der Waals surface area contributed by atoms with Crippen molar-refractivity contribution < 1.29 is 9.90 Å². The number of carbonyl (C=O) groups is 1. The molecule has 2 aromatic heterocycles. The molecule has 1 N–H and O–H groups in total. The van der Waals surface area contributed by atoms with E-state index >= 15 is 0 Å². The average Bonchev–Trinajstić information content (AvgIpc) is 3.21. The van der Waals surface area contributed by atoms with Crippen LogP contribution in [0.25, 0.3) is 0 Å². The first-order valence-corrected chi connectivity index (χ1v) is 12.0. The number of aliphatic carboxylic acids is 1. The maximum absolute atomic E-state index is 12.1. The molecule has 1 fully saturated rings. The minimum absolute atomic E-state index is 0.140. The van der Waals surface area contributed by atoms with E-state index in [1.54, 1.807) is 10.9 Å². The molecule has 0 aliphatic heterocycles. The number of hydrogen-bond donors (Lipinski definition) is 1. The number of carboxylic acids is 1. The van der Waals surface area contributed by atoms with Crippen molar-refractivity contribution in [3.63, 3.8) is 0 Å². The van der Waals surface area contributed by atoms with Gasteiger partial charge in [-0.25, -0.2) is 4.98 Å². The van der Waals surface area contributed by atoms with E-state index in [1.165, 1.54) is 0 Å². The van der Waals surface area contributed by atoms with E-state index < -0.39 is 17.4 Å². The molecule has 1 saturated carbocycles. The van der Waals surface area contributed by atoms with Gasteiger partial charge in [0.2, 0.25) is 0 Å². The lowest BCUT2D eigenvalue weighted by Gasteiger charge is -2.37. The van der Waals surface area contributed by atoms with Gasteiger partial charge < -0.3 is 9.67 Å². The molecule has 0 radical (unpaired) electrons. The number of aromatic nitrogens is 4. The minimum atomic E-state index is -0.802. The van der Waals surface area contributed by atoms with Gasteiger partial charge in [-0.2, -0.15) is 5.10 Å². The number of rotatable bonds is 7. The van der Waals surface area contributed by atoms with Gasteiger partial charge in [0.25, 0.3) is 0 Å². The molecule has 3 atom stereocenters. The molecule has 36 heavy (non-hydrogen) atoms. The van der Waals surface area contributed by atoms with Gasteiger partial charge in [0.1, 0.15) is 5.54 Å². The van der Waals surface area contributed by atoms with Gasteiger partial charge in [0, 0.05) is 31.3 Å². The van der Waals surface area contributed by atoms with Gasteiger partial charge in [-0.1, -0.05) is 91.0 Å². The van der Waals surface area contributed by atoms with Crippen molar-refractivity contribution in [2.75, 3.05) is 0 Å². The molecule has 1 aliphatic rings. The summed E-state index contributed by atoms with van der Waals surface area (Å²) in [4.78, 5) is 17.0. The molecular weight excluding hydrogens is 448 g/mol. The monoisotopic (exact) mass is 474 g/mol. The van der Waals surface area contributed by atoms with Crippen LogP contribution in [0.5, 0.6) is 0 Å². The summed E-state index contributed by atoms with van der Waals surface area (Å²) in [5.74, 6) is -1.66. The number of hydrogen-bond acceptors (Lipinski definition) is 3. The summed E-state index contributed by atoms with van der Waals surface area (Å²) in [6.07, 6.45) is 7.55. The van der Waals surface area contributed by atoms with Gasteiger partial charge >= 0.3 is 5.97 Å². The second-order valence-corrected chi connectivity index (χ2v) is 9.38. The van der Waals surface area contributed by atoms with E-state index in [0.717, 1.165) is 27.9 Å². The lowest BCUT2D eigenvalue weighted by atomic mass is 9.77. The highest BCUT2D eigenvalue weighted by Crippen LogP contribution is 2.60.